The van der Waals surface area contributed by atoms with Gasteiger partial charge in [0.25, 0.3) is 0 Å². The molecule has 1 saturated heterocycles. The predicted molar refractivity (Wildman–Crippen MR) is 114 cm³/mol. The van der Waals surface area contributed by atoms with Crippen LogP contribution in [0.15, 0.2) is 59.7 Å². The van der Waals surface area contributed by atoms with Crippen LogP contribution in [0.4, 0.5) is 36.7 Å². The van der Waals surface area contributed by atoms with Gasteiger partial charge in [-0.3, -0.25) is 0 Å². The summed E-state index contributed by atoms with van der Waals surface area (Å²) in [6.07, 6.45) is -1.28. The van der Waals surface area contributed by atoms with Gasteiger partial charge in [0.2, 0.25) is 17.8 Å². The summed E-state index contributed by atoms with van der Waals surface area (Å²) in [5.41, 5.74) is 2.62. The lowest BCUT2D eigenvalue weighted by Gasteiger charge is -2.16. The Hall–Kier alpha value is -3.69. The summed E-state index contributed by atoms with van der Waals surface area (Å²) >= 11 is 0. The topological polar surface area (TPSA) is 78.3 Å². The fourth-order valence-electron chi connectivity index (χ4n) is 3.21. The largest absolute Gasteiger partial charge is 0.417 e. The Balaban J connectivity index is 1.58. The van der Waals surface area contributed by atoms with Crippen molar-refractivity contribution in [2.24, 2.45) is 5.10 Å². The first-order valence-electron chi connectivity index (χ1n) is 9.77. The smallest absolute Gasteiger partial charge is 0.341 e. The van der Waals surface area contributed by atoms with Crippen LogP contribution in [0.5, 0.6) is 0 Å². The third kappa shape index (κ3) is 5.27. The highest BCUT2D eigenvalue weighted by Gasteiger charge is 2.32. The van der Waals surface area contributed by atoms with Crippen LogP contribution < -0.4 is 15.6 Å². The summed E-state index contributed by atoms with van der Waals surface area (Å²) in [6, 6.07) is 14.6. The highest BCUT2D eigenvalue weighted by atomic mass is 19.4. The van der Waals surface area contributed by atoms with E-state index in [0.717, 1.165) is 43.9 Å². The van der Waals surface area contributed by atoms with Gasteiger partial charge in [-0.25, -0.2) is 5.43 Å². The third-order valence-corrected chi connectivity index (χ3v) is 4.68. The van der Waals surface area contributed by atoms with E-state index in [1.54, 1.807) is 0 Å². The van der Waals surface area contributed by atoms with Crippen LogP contribution in [0.1, 0.15) is 24.0 Å². The molecule has 7 nitrogen and oxygen atoms in total. The summed E-state index contributed by atoms with van der Waals surface area (Å²) in [4.78, 5) is 15.2. The molecule has 160 valence electrons. The molecule has 0 amide bonds. The number of nitrogens with one attached hydrogen (secondary N) is 2. The number of anilines is 4. The number of nitrogens with zero attached hydrogens (tertiary/aromatic N) is 5. The van der Waals surface area contributed by atoms with Crippen molar-refractivity contribution in [1.82, 2.24) is 15.0 Å². The van der Waals surface area contributed by atoms with Gasteiger partial charge < -0.3 is 10.2 Å². The maximum absolute atomic E-state index is 13.2. The molecular formula is C21H20F3N7. The lowest BCUT2D eigenvalue weighted by Crippen LogP contribution is -2.21. The van der Waals surface area contributed by atoms with Gasteiger partial charge >= 0.3 is 6.18 Å². The number of hydrazone groups is 1. The molecule has 1 fully saturated rings. The normalized spacial score (nSPS) is 14.2. The number of hydrogen-bond donors (Lipinski definition) is 2. The molecule has 4 rings (SSSR count). The molecule has 0 radical (unpaired) electrons. The van der Waals surface area contributed by atoms with Crippen molar-refractivity contribution in [3.63, 3.8) is 0 Å². The van der Waals surface area contributed by atoms with E-state index in [1.807, 2.05) is 35.2 Å². The van der Waals surface area contributed by atoms with Gasteiger partial charge in [-0.05, 0) is 31.0 Å². The highest BCUT2D eigenvalue weighted by molar-refractivity contribution is 5.82. The Bertz CT molecular complexity index is 1050. The van der Waals surface area contributed by atoms with Gasteiger partial charge in [0.15, 0.2) is 0 Å². The van der Waals surface area contributed by atoms with E-state index in [9.17, 15) is 13.2 Å². The molecule has 2 aromatic carbocycles. The van der Waals surface area contributed by atoms with Gasteiger partial charge in [-0.1, -0.05) is 36.4 Å². The van der Waals surface area contributed by atoms with Crippen molar-refractivity contribution in [1.29, 1.82) is 0 Å². The lowest BCUT2D eigenvalue weighted by molar-refractivity contribution is -0.137. The minimum absolute atomic E-state index is 0.0565. The molecule has 1 aromatic heterocycles. The lowest BCUT2D eigenvalue weighted by atomic mass is 10.1. The maximum atomic E-state index is 13.2. The predicted octanol–water partition coefficient (Wildman–Crippen LogP) is 4.68. The van der Waals surface area contributed by atoms with Gasteiger partial charge in [-0.15, -0.1) is 0 Å². The minimum atomic E-state index is -4.47. The van der Waals surface area contributed by atoms with Crippen LogP contribution in [0.3, 0.4) is 0 Å². The van der Waals surface area contributed by atoms with Crippen LogP contribution in [-0.4, -0.2) is 34.3 Å². The van der Waals surface area contributed by atoms with Crippen molar-refractivity contribution in [2.45, 2.75) is 19.0 Å². The summed E-state index contributed by atoms with van der Waals surface area (Å²) in [6.45, 7) is 1.66. The van der Waals surface area contributed by atoms with E-state index in [-0.39, 0.29) is 11.5 Å². The molecular weight excluding hydrogens is 407 g/mol. The van der Waals surface area contributed by atoms with Crippen LogP contribution in [-0.2, 0) is 6.18 Å². The van der Waals surface area contributed by atoms with E-state index in [0.29, 0.717) is 11.9 Å². The first-order valence-corrected chi connectivity index (χ1v) is 9.77. The van der Waals surface area contributed by atoms with Crippen LogP contribution in [0.2, 0.25) is 0 Å². The number of aromatic nitrogens is 3. The molecule has 3 aromatic rings. The van der Waals surface area contributed by atoms with Crippen LogP contribution in [0.25, 0.3) is 0 Å². The van der Waals surface area contributed by atoms with E-state index in [1.165, 1.54) is 18.2 Å². The number of halogens is 3. The monoisotopic (exact) mass is 427 g/mol. The molecule has 0 unspecified atom stereocenters. The first-order chi connectivity index (χ1) is 15.0. The Morgan fingerprint density at radius 1 is 0.871 bits per heavy atom. The number of benzene rings is 2. The number of rotatable bonds is 6. The molecule has 0 bridgehead atoms. The molecule has 2 N–H and O–H groups in total. The molecule has 0 aliphatic carbocycles. The van der Waals surface area contributed by atoms with Crippen molar-refractivity contribution in [3.05, 3.63) is 65.7 Å². The zero-order valence-corrected chi connectivity index (χ0v) is 16.5. The molecule has 0 spiro atoms. The van der Waals surface area contributed by atoms with Crippen LogP contribution in [0, 0.1) is 0 Å². The average molecular weight is 427 g/mol. The van der Waals surface area contributed by atoms with Crippen molar-refractivity contribution in [3.8, 4) is 0 Å². The minimum Gasteiger partial charge on any atom is -0.341 e. The summed E-state index contributed by atoms with van der Waals surface area (Å²) in [7, 11) is 0. The standard InChI is InChI=1S/C21H20F3N7/c22-21(23,24)17-11-5-4-8-15(17)14-25-30-19-27-18(26-16-9-2-1-3-10-16)28-20(29-19)31-12-6-7-13-31/h1-5,8-11,14H,6-7,12-13H2,(H2,26,27,28,29,30). The first kappa shape index (κ1) is 20.6. The third-order valence-electron chi connectivity index (χ3n) is 4.68. The summed E-state index contributed by atoms with van der Waals surface area (Å²) in [5, 5.41) is 7.04. The molecule has 2 heterocycles. The Morgan fingerprint density at radius 3 is 2.29 bits per heavy atom. The number of hydrogen-bond acceptors (Lipinski definition) is 7. The molecule has 1 aliphatic heterocycles. The van der Waals surface area contributed by atoms with Crippen LogP contribution >= 0.6 is 0 Å². The van der Waals surface area contributed by atoms with E-state index >= 15 is 0 Å². The van der Waals surface area contributed by atoms with Crippen molar-refractivity contribution >= 4 is 29.7 Å². The Labute approximate surface area is 177 Å². The molecule has 1 aliphatic rings. The molecule has 31 heavy (non-hydrogen) atoms. The number of alkyl halides is 3. The van der Waals surface area contributed by atoms with Gasteiger partial charge in [0.05, 0.1) is 11.8 Å². The van der Waals surface area contributed by atoms with Crippen molar-refractivity contribution < 1.29 is 13.2 Å². The molecule has 10 heteroatoms. The average Bonchev–Trinajstić information content (AvgIpc) is 3.29. The second-order valence-electron chi connectivity index (χ2n) is 6.92. The second-order valence-corrected chi connectivity index (χ2v) is 6.92. The second kappa shape index (κ2) is 8.99. The highest BCUT2D eigenvalue weighted by Crippen LogP contribution is 2.31. The SMILES string of the molecule is FC(F)(F)c1ccccc1C=NNc1nc(Nc2ccccc2)nc(N2CCCC2)n1. The molecule has 0 saturated carbocycles. The Kier molecular flexibility index (Phi) is 5.96. The zero-order valence-electron chi connectivity index (χ0n) is 16.5. The quantitative estimate of drug-likeness (QED) is 0.439. The Morgan fingerprint density at radius 2 is 1.55 bits per heavy atom. The van der Waals surface area contributed by atoms with E-state index in [2.05, 4.69) is 30.8 Å². The fourth-order valence-corrected chi connectivity index (χ4v) is 3.21. The fraction of sp³-hybridized carbons (Fsp3) is 0.238. The van der Waals surface area contributed by atoms with Gasteiger partial charge in [-0.2, -0.15) is 33.2 Å². The van der Waals surface area contributed by atoms with Gasteiger partial charge in [0, 0.05) is 24.3 Å². The zero-order chi connectivity index (χ0) is 21.7. The summed E-state index contributed by atoms with van der Waals surface area (Å²) in [5.74, 6) is 0.937. The number of para-hydroxylation sites is 1. The van der Waals surface area contributed by atoms with E-state index in [4.69, 9.17) is 0 Å². The maximum Gasteiger partial charge on any atom is 0.417 e. The van der Waals surface area contributed by atoms with Gasteiger partial charge in [0.1, 0.15) is 0 Å². The van der Waals surface area contributed by atoms with E-state index < -0.39 is 11.7 Å². The van der Waals surface area contributed by atoms with Crippen molar-refractivity contribution in [2.75, 3.05) is 28.7 Å². The summed E-state index contributed by atoms with van der Waals surface area (Å²) < 4.78 is 39.5. The molecule has 0 atom stereocenters.